The molecule has 0 aromatic rings. The van der Waals surface area contributed by atoms with E-state index in [1.54, 1.807) is 11.8 Å². The number of hydrogen-bond donors (Lipinski definition) is 2. The molecule has 0 spiro atoms. The van der Waals surface area contributed by atoms with Crippen LogP contribution in [0.4, 0.5) is 4.79 Å². The summed E-state index contributed by atoms with van der Waals surface area (Å²) in [5.41, 5.74) is 0. The lowest BCUT2D eigenvalue weighted by Crippen LogP contribution is -2.47. The van der Waals surface area contributed by atoms with Crippen molar-refractivity contribution < 1.29 is 19.5 Å². The summed E-state index contributed by atoms with van der Waals surface area (Å²) in [4.78, 5) is 36.0. The standard InChI is InChI=1S/C14H24N2O4/c1-10(9-13(18)19)8-12(17)15-14(20)16-7-5-3-4-6-11(16)2/h10-11H,3-9H2,1-2H3,(H,18,19)(H,15,17,20). The maximum absolute atomic E-state index is 12.1. The molecule has 0 radical (unpaired) electrons. The van der Waals surface area contributed by atoms with Crippen molar-refractivity contribution in [3.63, 3.8) is 0 Å². The molecule has 0 aromatic carbocycles. The molecule has 0 aromatic heterocycles. The molecule has 0 saturated carbocycles. The smallest absolute Gasteiger partial charge is 0.324 e. The van der Waals surface area contributed by atoms with E-state index in [4.69, 9.17) is 5.11 Å². The summed E-state index contributed by atoms with van der Waals surface area (Å²) in [6.45, 7) is 4.35. The Hall–Kier alpha value is -1.59. The third-order valence-corrected chi connectivity index (χ3v) is 3.62. The third-order valence-electron chi connectivity index (χ3n) is 3.62. The van der Waals surface area contributed by atoms with Crippen molar-refractivity contribution in [3.05, 3.63) is 0 Å². The topological polar surface area (TPSA) is 86.7 Å². The zero-order valence-electron chi connectivity index (χ0n) is 12.2. The van der Waals surface area contributed by atoms with Crippen LogP contribution < -0.4 is 5.32 Å². The Kier molecular flexibility index (Phi) is 6.48. The second kappa shape index (κ2) is 7.87. The van der Waals surface area contributed by atoms with E-state index in [-0.39, 0.29) is 30.8 Å². The lowest BCUT2D eigenvalue weighted by atomic mass is 10.0. The minimum absolute atomic E-state index is 0.0558. The molecule has 6 nitrogen and oxygen atoms in total. The number of carboxylic acid groups (broad SMARTS) is 1. The largest absolute Gasteiger partial charge is 0.481 e. The van der Waals surface area contributed by atoms with Gasteiger partial charge in [-0.25, -0.2) is 4.79 Å². The van der Waals surface area contributed by atoms with Crippen LogP contribution in [0.3, 0.4) is 0 Å². The van der Waals surface area contributed by atoms with Crippen molar-refractivity contribution in [1.82, 2.24) is 10.2 Å². The summed E-state index contributed by atoms with van der Waals surface area (Å²) in [6, 6.07) is -0.214. The summed E-state index contributed by atoms with van der Waals surface area (Å²) in [7, 11) is 0. The van der Waals surface area contributed by atoms with Crippen LogP contribution >= 0.6 is 0 Å². The van der Waals surface area contributed by atoms with Crippen molar-refractivity contribution in [2.24, 2.45) is 5.92 Å². The molecule has 0 bridgehead atoms. The molecule has 20 heavy (non-hydrogen) atoms. The van der Waals surface area contributed by atoms with Crippen molar-refractivity contribution in [3.8, 4) is 0 Å². The number of imide groups is 1. The minimum atomic E-state index is -0.933. The van der Waals surface area contributed by atoms with Gasteiger partial charge >= 0.3 is 12.0 Å². The normalized spacial score (nSPS) is 20.9. The van der Waals surface area contributed by atoms with Gasteiger partial charge in [-0.2, -0.15) is 0 Å². The number of carboxylic acids is 1. The molecular formula is C14H24N2O4. The Bertz CT molecular complexity index is 370. The molecule has 2 N–H and O–H groups in total. The van der Waals surface area contributed by atoms with E-state index in [0.717, 1.165) is 25.7 Å². The highest BCUT2D eigenvalue weighted by Gasteiger charge is 2.24. The molecule has 1 aliphatic heterocycles. The van der Waals surface area contributed by atoms with Gasteiger partial charge in [0.1, 0.15) is 0 Å². The van der Waals surface area contributed by atoms with Crippen molar-refractivity contribution in [2.45, 2.75) is 58.4 Å². The maximum atomic E-state index is 12.1. The van der Waals surface area contributed by atoms with Gasteiger partial charge in [0, 0.05) is 25.4 Å². The molecule has 2 unspecified atom stereocenters. The first-order valence-electron chi connectivity index (χ1n) is 7.22. The Morgan fingerprint density at radius 3 is 2.60 bits per heavy atom. The number of urea groups is 1. The zero-order chi connectivity index (χ0) is 15.1. The van der Waals surface area contributed by atoms with Crippen LogP contribution in [-0.2, 0) is 9.59 Å². The fourth-order valence-corrected chi connectivity index (χ4v) is 2.51. The highest BCUT2D eigenvalue weighted by Crippen LogP contribution is 2.16. The van der Waals surface area contributed by atoms with E-state index in [0.29, 0.717) is 6.54 Å². The van der Waals surface area contributed by atoms with E-state index in [1.165, 1.54) is 0 Å². The van der Waals surface area contributed by atoms with Gasteiger partial charge in [0.15, 0.2) is 0 Å². The van der Waals surface area contributed by atoms with Gasteiger partial charge in [0.25, 0.3) is 0 Å². The lowest BCUT2D eigenvalue weighted by molar-refractivity contribution is -0.138. The number of rotatable bonds is 4. The number of carbonyl (C=O) groups excluding carboxylic acids is 2. The van der Waals surface area contributed by atoms with E-state index < -0.39 is 11.9 Å². The summed E-state index contributed by atoms with van der Waals surface area (Å²) in [5, 5.41) is 11.0. The average Bonchev–Trinajstić information content (AvgIpc) is 2.52. The lowest BCUT2D eigenvalue weighted by Gasteiger charge is -2.27. The van der Waals surface area contributed by atoms with Gasteiger partial charge in [-0.05, 0) is 25.7 Å². The molecule has 1 aliphatic rings. The Balaban J connectivity index is 2.43. The van der Waals surface area contributed by atoms with Crippen LogP contribution in [0.2, 0.25) is 0 Å². The van der Waals surface area contributed by atoms with Gasteiger partial charge < -0.3 is 10.0 Å². The average molecular weight is 284 g/mol. The molecule has 6 heteroatoms. The highest BCUT2D eigenvalue weighted by atomic mass is 16.4. The summed E-state index contributed by atoms with van der Waals surface area (Å²) >= 11 is 0. The molecule has 1 rings (SSSR count). The number of nitrogens with one attached hydrogen (secondary N) is 1. The first kappa shape index (κ1) is 16.5. The molecule has 1 fully saturated rings. The number of nitrogens with zero attached hydrogens (tertiary/aromatic N) is 1. The number of amides is 3. The molecule has 1 saturated heterocycles. The summed E-state index contributed by atoms with van der Waals surface area (Å²) < 4.78 is 0. The first-order valence-corrected chi connectivity index (χ1v) is 7.22. The van der Waals surface area contributed by atoms with Gasteiger partial charge in [-0.1, -0.05) is 19.8 Å². The summed E-state index contributed by atoms with van der Waals surface area (Å²) in [5.74, 6) is -1.61. The quantitative estimate of drug-likeness (QED) is 0.826. The number of aliphatic carboxylic acids is 1. The first-order chi connectivity index (χ1) is 9.40. The predicted molar refractivity (Wildman–Crippen MR) is 74.2 cm³/mol. The van der Waals surface area contributed by atoms with Crippen molar-refractivity contribution >= 4 is 17.9 Å². The molecule has 2 atom stereocenters. The van der Waals surface area contributed by atoms with Crippen LogP contribution in [0.15, 0.2) is 0 Å². The van der Waals surface area contributed by atoms with Gasteiger partial charge in [0.2, 0.25) is 5.91 Å². The predicted octanol–water partition coefficient (Wildman–Crippen LogP) is 1.99. The van der Waals surface area contributed by atoms with Gasteiger partial charge in [-0.3, -0.25) is 14.9 Å². The molecule has 1 heterocycles. The number of hydrogen-bond acceptors (Lipinski definition) is 3. The fourth-order valence-electron chi connectivity index (χ4n) is 2.51. The maximum Gasteiger partial charge on any atom is 0.324 e. The van der Waals surface area contributed by atoms with Gasteiger partial charge in [0.05, 0.1) is 0 Å². The monoisotopic (exact) mass is 284 g/mol. The SMILES string of the molecule is CC(CC(=O)O)CC(=O)NC(=O)N1CCCCCC1C. The Morgan fingerprint density at radius 1 is 1.25 bits per heavy atom. The highest BCUT2D eigenvalue weighted by molar-refractivity contribution is 5.94. The van der Waals surface area contributed by atoms with Crippen LogP contribution in [-0.4, -0.2) is 40.5 Å². The van der Waals surface area contributed by atoms with Crippen molar-refractivity contribution in [1.29, 1.82) is 0 Å². The third kappa shape index (κ3) is 5.59. The van der Waals surface area contributed by atoms with Crippen LogP contribution in [0.5, 0.6) is 0 Å². The Morgan fingerprint density at radius 2 is 1.95 bits per heavy atom. The van der Waals surface area contributed by atoms with Crippen LogP contribution in [0.25, 0.3) is 0 Å². The van der Waals surface area contributed by atoms with Crippen LogP contribution in [0, 0.1) is 5.92 Å². The van der Waals surface area contributed by atoms with E-state index in [1.807, 2.05) is 6.92 Å². The number of likely N-dealkylation sites (tertiary alicyclic amines) is 1. The molecular weight excluding hydrogens is 260 g/mol. The minimum Gasteiger partial charge on any atom is -0.481 e. The second-order valence-corrected chi connectivity index (χ2v) is 5.65. The molecule has 3 amide bonds. The molecule has 0 aliphatic carbocycles. The summed E-state index contributed by atoms with van der Waals surface area (Å²) in [6.07, 6.45) is 4.12. The van der Waals surface area contributed by atoms with E-state index >= 15 is 0 Å². The van der Waals surface area contributed by atoms with E-state index in [9.17, 15) is 14.4 Å². The number of carbonyl (C=O) groups is 3. The molecule has 114 valence electrons. The van der Waals surface area contributed by atoms with Crippen LogP contribution in [0.1, 0.15) is 52.4 Å². The van der Waals surface area contributed by atoms with E-state index in [2.05, 4.69) is 5.32 Å². The zero-order valence-corrected chi connectivity index (χ0v) is 12.2. The Labute approximate surface area is 119 Å². The van der Waals surface area contributed by atoms with Crippen molar-refractivity contribution in [2.75, 3.05) is 6.54 Å². The fraction of sp³-hybridized carbons (Fsp3) is 0.786. The second-order valence-electron chi connectivity index (χ2n) is 5.65. The van der Waals surface area contributed by atoms with Gasteiger partial charge in [-0.15, -0.1) is 0 Å².